The van der Waals surface area contributed by atoms with Gasteiger partial charge in [-0.2, -0.15) is 0 Å². The second-order valence-electron chi connectivity index (χ2n) is 6.79. The highest BCUT2D eigenvalue weighted by Gasteiger charge is 2.35. The molecular weight excluding hydrogens is 210 g/mol. The molecule has 0 spiro atoms. The molecule has 2 nitrogen and oxygen atoms in total. The fourth-order valence-corrected chi connectivity index (χ4v) is 3.97. The Balaban J connectivity index is 1.85. The molecule has 0 bridgehead atoms. The van der Waals surface area contributed by atoms with Crippen LogP contribution in [-0.4, -0.2) is 23.8 Å². The van der Waals surface area contributed by atoms with Crippen molar-refractivity contribution < 1.29 is 5.11 Å². The molecule has 2 saturated carbocycles. The monoisotopic (exact) mass is 239 g/mol. The van der Waals surface area contributed by atoms with Crippen LogP contribution in [0.15, 0.2) is 0 Å². The van der Waals surface area contributed by atoms with Crippen molar-refractivity contribution in [3.63, 3.8) is 0 Å². The van der Waals surface area contributed by atoms with E-state index in [0.717, 1.165) is 18.9 Å². The normalized spacial score (nSPS) is 32.5. The number of nitrogens with one attached hydrogen (secondary N) is 1. The average Bonchev–Trinajstić information content (AvgIpc) is 2.85. The fraction of sp³-hybridized carbons (Fsp3) is 1.00. The molecule has 0 aromatic rings. The lowest BCUT2D eigenvalue weighted by Crippen LogP contribution is -2.42. The Kier molecular flexibility index (Phi) is 4.48. The third kappa shape index (κ3) is 3.45. The molecule has 2 fully saturated rings. The molecule has 0 amide bonds. The summed E-state index contributed by atoms with van der Waals surface area (Å²) in [7, 11) is 0. The molecule has 2 atom stereocenters. The van der Waals surface area contributed by atoms with E-state index in [1.54, 1.807) is 0 Å². The van der Waals surface area contributed by atoms with Crippen molar-refractivity contribution in [2.45, 2.75) is 77.4 Å². The van der Waals surface area contributed by atoms with Crippen LogP contribution in [0.1, 0.15) is 65.2 Å². The Hall–Kier alpha value is -0.0800. The summed E-state index contributed by atoms with van der Waals surface area (Å²) in [6.45, 7) is 5.81. The van der Waals surface area contributed by atoms with Crippen LogP contribution in [0, 0.1) is 11.3 Å². The van der Waals surface area contributed by atoms with E-state index in [1.165, 1.54) is 44.9 Å². The molecule has 2 rings (SSSR count). The number of hydrogen-bond acceptors (Lipinski definition) is 2. The SMILES string of the molecule is CC(C)CC1(CN[C@@H]2CCC[C@H]2O)CCCC1. The highest BCUT2D eigenvalue weighted by Crippen LogP contribution is 2.42. The molecule has 0 unspecified atom stereocenters. The molecule has 0 radical (unpaired) electrons. The summed E-state index contributed by atoms with van der Waals surface area (Å²) in [6, 6.07) is 0.375. The fourth-order valence-electron chi connectivity index (χ4n) is 3.97. The summed E-state index contributed by atoms with van der Waals surface area (Å²) < 4.78 is 0. The van der Waals surface area contributed by atoms with Crippen LogP contribution in [-0.2, 0) is 0 Å². The maximum absolute atomic E-state index is 9.87. The zero-order valence-corrected chi connectivity index (χ0v) is 11.5. The molecule has 0 aliphatic heterocycles. The van der Waals surface area contributed by atoms with Gasteiger partial charge in [-0.3, -0.25) is 0 Å². The number of aliphatic hydroxyl groups is 1. The Morgan fingerprint density at radius 1 is 1.18 bits per heavy atom. The van der Waals surface area contributed by atoms with E-state index in [9.17, 15) is 5.11 Å². The number of hydrogen-bond donors (Lipinski definition) is 2. The summed E-state index contributed by atoms with van der Waals surface area (Å²) in [5.41, 5.74) is 0.538. The topological polar surface area (TPSA) is 32.3 Å². The van der Waals surface area contributed by atoms with Crippen molar-refractivity contribution in [3.05, 3.63) is 0 Å². The highest BCUT2D eigenvalue weighted by molar-refractivity contribution is 4.91. The van der Waals surface area contributed by atoms with Crippen LogP contribution in [0.4, 0.5) is 0 Å². The predicted octanol–water partition coefficient (Wildman–Crippen LogP) is 3.10. The van der Waals surface area contributed by atoms with Gasteiger partial charge in [0, 0.05) is 12.6 Å². The van der Waals surface area contributed by atoms with E-state index in [-0.39, 0.29) is 6.10 Å². The zero-order valence-electron chi connectivity index (χ0n) is 11.5. The molecule has 100 valence electrons. The van der Waals surface area contributed by atoms with Gasteiger partial charge in [0.05, 0.1) is 6.10 Å². The van der Waals surface area contributed by atoms with E-state index in [1.807, 2.05) is 0 Å². The summed E-state index contributed by atoms with van der Waals surface area (Å²) >= 11 is 0. The van der Waals surface area contributed by atoms with Gasteiger partial charge in [-0.1, -0.05) is 26.7 Å². The summed E-state index contributed by atoms with van der Waals surface area (Å²) in [6.07, 6.45) is 10.2. The van der Waals surface area contributed by atoms with E-state index in [2.05, 4.69) is 19.2 Å². The van der Waals surface area contributed by atoms with Crippen molar-refractivity contribution >= 4 is 0 Å². The first-order valence-electron chi connectivity index (χ1n) is 7.53. The third-order valence-corrected chi connectivity index (χ3v) is 4.72. The molecular formula is C15H29NO. The van der Waals surface area contributed by atoms with Crippen molar-refractivity contribution in [2.24, 2.45) is 11.3 Å². The molecule has 0 heterocycles. The van der Waals surface area contributed by atoms with Gasteiger partial charge in [0.15, 0.2) is 0 Å². The van der Waals surface area contributed by atoms with Gasteiger partial charge in [0.1, 0.15) is 0 Å². The van der Waals surface area contributed by atoms with Crippen LogP contribution in [0.2, 0.25) is 0 Å². The summed E-state index contributed by atoms with van der Waals surface area (Å²) in [5.74, 6) is 0.795. The van der Waals surface area contributed by atoms with Crippen molar-refractivity contribution in [2.75, 3.05) is 6.54 Å². The van der Waals surface area contributed by atoms with Crippen LogP contribution < -0.4 is 5.32 Å². The average molecular weight is 239 g/mol. The maximum Gasteiger partial charge on any atom is 0.0693 e. The zero-order chi connectivity index (χ0) is 12.3. The Morgan fingerprint density at radius 2 is 1.88 bits per heavy atom. The van der Waals surface area contributed by atoms with E-state index in [0.29, 0.717) is 11.5 Å². The minimum atomic E-state index is -0.0903. The van der Waals surface area contributed by atoms with Crippen molar-refractivity contribution in [3.8, 4) is 0 Å². The summed E-state index contributed by atoms with van der Waals surface area (Å²) in [4.78, 5) is 0. The number of rotatable bonds is 5. The lowest BCUT2D eigenvalue weighted by Gasteiger charge is -2.33. The first-order chi connectivity index (χ1) is 8.11. The first kappa shape index (κ1) is 13.4. The van der Waals surface area contributed by atoms with Gasteiger partial charge < -0.3 is 10.4 Å². The molecule has 0 aromatic carbocycles. The van der Waals surface area contributed by atoms with Crippen molar-refractivity contribution in [1.29, 1.82) is 0 Å². The second kappa shape index (κ2) is 5.71. The van der Waals surface area contributed by atoms with Gasteiger partial charge in [-0.15, -0.1) is 0 Å². The van der Waals surface area contributed by atoms with Gasteiger partial charge in [0.25, 0.3) is 0 Å². The second-order valence-corrected chi connectivity index (χ2v) is 6.79. The van der Waals surface area contributed by atoms with E-state index >= 15 is 0 Å². The van der Waals surface area contributed by atoms with Crippen molar-refractivity contribution in [1.82, 2.24) is 5.32 Å². The Morgan fingerprint density at radius 3 is 2.41 bits per heavy atom. The van der Waals surface area contributed by atoms with E-state index < -0.39 is 0 Å². The summed E-state index contributed by atoms with van der Waals surface area (Å²) in [5, 5.41) is 13.5. The minimum absolute atomic E-state index is 0.0903. The molecule has 2 aliphatic carbocycles. The quantitative estimate of drug-likeness (QED) is 0.772. The van der Waals surface area contributed by atoms with Crippen LogP contribution in [0.3, 0.4) is 0 Å². The molecule has 2 heteroatoms. The standard InChI is InChI=1S/C15H29NO/c1-12(2)10-15(8-3-4-9-15)11-16-13-6-5-7-14(13)17/h12-14,16-17H,3-11H2,1-2H3/t13-,14-/m1/s1. The molecule has 0 aromatic heterocycles. The maximum atomic E-state index is 9.87. The lowest BCUT2D eigenvalue weighted by molar-refractivity contribution is 0.133. The molecule has 17 heavy (non-hydrogen) atoms. The lowest BCUT2D eigenvalue weighted by atomic mass is 9.78. The third-order valence-electron chi connectivity index (χ3n) is 4.72. The van der Waals surface area contributed by atoms with Gasteiger partial charge in [-0.25, -0.2) is 0 Å². The molecule has 2 aliphatic rings. The van der Waals surface area contributed by atoms with Gasteiger partial charge >= 0.3 is 0 Å². The minimum Gasteiger partial charge on any atom is -0.392 e. The number of aliphatic hydroxyl groups excluding tert-OH is 1. The highest BCUT2D eigenvalue weighted by atomic mass is 16.3. The van der Waals surface area contributed by atoms with Gasteiger partial charge in [0.2, 0.25) is 0 Å². The van der Waals surface area contributed by atoms with Crippen LogP contribution >= 0.6 is 0 Å². The Bertz CT molecular complexity index is 233. The van der Waals surface area contributed by atoms with Gasteiger partial charge in [-0.05, 0) is 49.9 Å². The molecule has 0 saturated heterocycles. The van der Waals surface area contributed by atoms with Crippen LogP contribution in [0.5, 0.6) is 0 Å². The molecule has 2 N–H and O–H groups in total. The van der Waals surface area contributed by atoms with E-state index in [4.69, 9.17) is 0 Å². The Labute approximate surface area is 106 Å². The largest absolute Gasteiger partial charge is 0.392 e. The smallest absolute Gasteiger partial charge is 0.0693 e. The first-order valence-corrected chi connectivity index (χ1v) is 7.53. The van der Waals surface area contributed by atoms with Crippen LogP contribution in [0.25, 0.3) is 0 Å². The predicted molar refractivity (Wildman–Crippen MR) is 72.0 cm³/mol.